The number of methoxy groups -OCH3 is 2. The van der Waals surface area contributed by atoms with E-state index in [4.69, 9.17) is 19.5 Å². The predicted molar refractivity (Wildman–Crippen MR) is 225 cm³/mol. The molecule has 3 aliphatic heterocycles. The molecule has 0 saturated carbocycles. The summed E-state index contributed by atoms with van der Waals surface area (Å²) in [6, 6.07) is 14.6. The van der Waals surface area contributed by atoms with Crippen molar-refractivity contribution in [1.82, 2.24) is 45.4 Å². The third kappa shape index (κ3) is 8.85. The Hall–Kier alpha value is -6.62. The minimum atomic E-state index is -0.812. The van der Waals surface area contributed by atoms with Crippen LogP contribution in [-0.2, 0) is 31.9 Å². The molecule has 6 heterocycles. The van der Waals surface area contributed by atoms with E-state index in [1.165, 1.54) is 25.6 Å². The highest BCUT2D eigenvalue weighted by molar-refractivity contribution is 7.07. The molecule has 17 heteroatoms. The molecular formula is C43H46N10O6S. The Labute approximate surface area is 350 Å². The van der Waals surface area contributed by atoms with E-state index >= 15 is 0 Å². The van der Waals surface area contributed by atoms with Gasteiger partial charge in [-0.25, -0.2) is 24.5 Å². The molecule has 0 bridgehead atoms. The van der Waals surface area contributed by atoms with E-state index in [-0.39, 0.29) is 36.7 Å². The summed E-state index contributed by atoms with van der Waals surface area (Å²) in [7, 11) is 2.56. The highest BCUT2D eigenvalue weighted by atomic mass is 32.1. The predicted octanol–water partition coefficient (Wildman–Crippen LogP) is 5.70. The van der Waals surface area contributed by atoms with Crippen molar-refractivity contribution >= 4 is 46.6 Å². The summed E-state index contributed by atoms with van der Waals surface area (Å²) in [6.07, 6.45) is 9.95. The second-order valence-electron chi connectivity index (χ2n) is 15.0. The number of H-pyrrole nitrogens is 2. The summed E-state index contributed by atoms with van der Waals surface area (Å²) in [5, 5.41) is 7.27. The molecule has 8 rings (SSSR count). The van der Waals surface area contributed by atoms with Gasteiger partial charge in [-0.3, -0.25) is 14.6 Å². The SMILES string of the molecule is COC(=O)N[C@@H](Cc1cnc[nH]1)C(=O)N1CCC[C@H]1C1=NC=C(c2ccc(-c3ccc(-c4cnc([C@@H]5CCCN5C(=O)[C@H](Cc5cscn5)NC(=O)OC)[nH]4)cc3)cc2)C1. The van der Waals surface area contributed by atoms with Crippen molar-refractivity contribution in [1.29, 1.82) is 0 Å². The number of thiazole rings is 1. The van der Waals surface area contributed by atoms with Crippen LogP contribution in [0.3, 0.4) is 0 Å². The highest BCUT2D eigenvalue weighted by Crippen LogP contribution is 2.34. The number of aromatic amines is 2. The fourth-order valence-electron chi connectivity index (χ4n) is 8.26. The largest absolute Gasteiger partial charge is 0.453 e. The van der Waals surface area contributed by atoms with Gasteiger partial charge in [0.15, 0.2) is 0 Å². The van der Waals surface area contributed by atoms with E-state index < -0.39 is 24.3 Å². The zero-order valence-corrected chi connectivity index (χ0v) is 34.1. The lowest BCUT2D eigenvalue weighted by atomic mass is 9.96. The van der Waals surface area contributed by atoms with Gasteiger partial charge >= 0.3 is 12.2 Å². The average molecular weight is 831 g/mol. The second kappa shape index (κ2) is 18.1. The number of carbonyl (C=O) groups is 4. The quantitative estimate of drug-likeness (QED) is 0.115. The van der Waals surface area contributed by atoms with Crippen LogP contribution in [0, 0.1) is 0 Å². The molecule has 60 heavy (non-hydrogen) atoms. The molecule has 2 saturated heterocycles. The number of hydrogen-bond donors (Lipinski definition) is 4. The zero-order valence-electron chi connectivity index (χ0n) is 33.3. The lowest BCUT2D eigenvalue weighted by molar-refractivity contribution is -0.134. The molecule has 2 fully saturated rings. The average Bonchev–Trinajstić information content (AvgIpc) is 4.12. The van der Waals surface area contributed by atoms with E-state index in [9.17, 15) is 19.2 Å². The Balaban J connectivity index is 0.885. The van der Waals surface area contributed by atoms with Crippen molar-refractivity contribution in [3.8, 4) is 22.4 Å². The van der Waals surface area contributed by atoms with Gasteiger partial charge in [-0.05, 0) is 53.5 Å². The van der Waals surface area contributed by atoms with Gasteiger partial charge < -0.3 is 39.9 Å². The highest BCUT2D eigenvalue weighted by Gasteiger charge is 2.39. The lowest BCUT2D eigenvalue weighted by Gasteiger charge is -2.29. The molecule has 4 N–H and O–H groups in total. The van der Waals surface area contributed by atoms with Crippen molar-refractivity contribution in [2.75, 3.05) is 27.3 Å². The first-order valence-corrected chi connectivity index (χ1v) is 20.9. The molecule has 3 aliphatic rings. The molecule has 0 aliphatic carbocycles. The summed E-state index contributed by atoms with van der Waals surface area (Å²) in [4.78, 5) is 79.9. The summed E-state index contributed by atoms with van der Waals surface area (Å²) in [5.74, 6) is 0.329. The molecule has 4 amide bonds. The van der Waals surface area contributed by atoms with Gasteiger partial charge in [0, 0.05) is 61.5 Å². The van der Waals surface area contributed by atoms with Gasteiger partial charge in [0.05, 0.1) is 55.7 Å². The molecule has 0 spiro atoms. The fraction of sp³-hybridized carbons (Fsp3) is 0.349. The van der Waals surface area contributed by atoms with Crippen LogP contribution in [0.25, 0.3) is 28.0 Å². The first kappa shape index (κ1) is 40.2. The number of aliphatic imine (C=N–C) groups is 1. The third-order valence-corrected chi connectivity index (χ3v) is 12.0. The standard InChI is InChI=1S/C43H46N10O6S/c1-58-42(56)50-34(18-31-21-44-24-47-31)40(54)52-15-3-5-37(52)33-17-30(20-45-33)28-9-7-26(8-10-28)27-11-13-29(14-12-27)36-22-46-39(49-36)38-6-4-16-53(38)41(55)35(51-43(57)59-2)19-32-23-60-25-48-32/h7-14,20-25,34-35,37-38H,3-6,15-19H2,1-2H3,(H,44,47)(H,46,49)(H,50,56)(H,51,57)/t34-,35-,37-,38-/m0/s1. The number of likely N-dealkylation sites (tertiary alicyclic amines) is 2. The molecule has 16 nitrogen and oxygen atoms in total. The van der Waals surface area contributed by atoms with Gasteiger partial charge in [-0.2, -0.15) is 0 Å². The first-order chi connectivity index (χ1) is 29.3. The van der Waals surface area contributed by atoms with Gasteiger partial charge in [0.2, 0.25) is 11.8 Å². The Morgan fingerprint density at radius 2 is 1.42 bits per heavy atom. The van der Waals surface area contributed by atoms with E-state index in [0.29, 0.717) is 25.3 Å². The minimum Gasteiger partial charge on any atom is -0.453 e. The van der Waals surface area contributed by atoms with E-state index in [2.05, 4.69) is 79.1 Å². The topological polar surface area (TPSA) is 200 Å². The van der Waals surface area contributed by atoms with Crippen molar-refractivity contribution in [3.05, 3.63) is 107 Å². The van der Waals surface area contributed by atoms with E-state index in [1.807, 2.05) is 16.5 Å². The number of carbonyl (C=O) groups excluding carboxylic acids is 4. The summed E-state index contributed by atoms with van der Waals surface area (Å²) in [5.41, 5.74) is 10.2. The Kier molecular flexibility index (Phi) is 12.1. The van der Waals surface area contributed by atoms with Crippen LogP contribution in [0.2, 0.25) is 0 Å². The van der Waals surface area contributed by atoms with Gasteiger partial charge in [-0.15, -0.1) is 11.3 Å². The van der Waals surface area contributed by atoms with E-state index in [1.54, 1.807) is 29.1 Å². The third-order valence-electron chi connectivity index (χ3n) is 11.3. The number of allylic oxidation sites excluding steroid dienone is 1. The number of alkyl carbamates (subject to hydrolysis) is 2. The second-order valence-corrected chi connectivity index (χ2v) is 15.7. The van der Waals surface area contributed by atoms with Crippen LogP contribution in [-0.4, -0.2) is 110 Å². The van der Waals surface area contributed by atoms with Crippen LogP contribution < -0.4 is 10.6 Å². The van der Waals surface area contributed by atoms with Crippen LogP contribution >= 0.6 is 11.3 Å². The number of aromatic nitrogens is 5. The Morgan fingerprint density at radius 1 is 0.800 bits per heavy atom. The van der Waals surface area contributed by atoms with Crippen LogP contribution in [0.4, 0.5) is 9.59 Å². The minimum absolute atomic E-state index is 0.153. The maximum atomic E-state index is 13.8. The molecule has 310 valence electrons. The first-order valence-electron chi connectivity index (χ1n) is 19.9. The summed E-state index contributed by atoms with van der Waals surface area (Å²) < 4.78 is 9.62. The fourth-order valence-corrected chi connectivity index (χ4v) is 8.83. The molecule has 5 aromatic rings. The van der Waals surface area contributed by atoms with Gasteiger partial charge in [-0.1, -0.05) is 48.5 Å². The number of ether oxygens (including phenoxy) is 2. The number of hydrogen-bond acceptors (Lipinski definition) is 11. The summed E-state index contributed by atoms with van der Waals surface area (Å²) in [6.45, 7) is 1.14. The molecular weight excluding hydrogens is 785 g/mol. The van der Waals surface area contributed by atoms with Gasteiger partial charge in [0.25, 0.3) is 0 Å². The molecule has 3 aromatic heterocycles. The van der Waals surface area contributed by atoms with Crippen LogP contribution in [0.5, 0.6) is 0 Å². The van der Waals surface area contributed by atoms with Crippen LogP contribution in [0.15, 0.2) is 89.3 Å². The van der Waals surface area contributed by atoms with E-state index in [0.717, 1.165) is 76.3 Å². The number of amides is 4. The number of nitrogens with one attached hydrogen (secondary N) is 4. The maximum absolute atomic E-state index is 13.8. The van der Waals surface area contributed by atoms with Crippen molar-refractivity contribution < 1.29 is 28.7 Å². The van der Waals surface area contributed by atoms with Gasteiger partial charge in [0.1, 0.15) is 17.9 Å². The Morgan fingerprint density at radius 3 is 2.03 bits per heavy atom. The normalized spacial score (nSPS) is 18.4. The molecule has 2 aromatic carbocycles. The number of rotatable bonds is 13. The zero-order chi connectivity index (χ0) is 41.6. The lowest BCUT2D eigenvalue weighted by Crippen LogP contribution is -2.52. The number of imidazole rings is 2. The van der Waals surface area contributed by atoms with Crippen molar-refractivity contribution in [2.24, 2.45) is 4.99 Å². The maximum Gasteiger partial charge on any atom is 0.407 e. The number of nitrogens with zero attached hydrogens (tertiary/aromatic N) is 6. The number of benzene rings is 2. The van der Waals surface area contributed by atoms with Crippen molar-refractivity contribution in [3.63, 3.8) is 0 Å². The monoisotopic (exact) mass is 830 g/mol. The smallest absolute Gasteiger partial charge is 0.407 e. The summed E-state index contributed by atoms with van der Waals surface area (Å²) >= 11 is 1.44. The molecule has 4 atom stereocenters. The van der Waals surface area contributed by atoms with Crippen molar-refractivity contribution in [2.45, 2.75) is 69.1 Å². The molecule has 0 radical (unpaired) electrons. The Bertz CT molecular complexity index is 2360. The van der Waals surface area contributed by atoms with Crippen LogP contribution in [0.1, 0.15) is 60.9 Å². The molecule has 0 unspecified atom stereocenters.